The fraction of sp³-hybridized carbons (Fsp3) is 0.125. The number of hydrogen-bond donors (Lipinski definition) is 2. The lowest BCUT2D eigenvalue weighted by Crippen LogP contribution is -2.26. The second-order valence-electron chi connectivity index (χ2n) is 3.02. The summed E-state index contributed by atoms with van der Waals surface area (Å²) in [5.41, 5.74) is -0.406. The Morgan fingerprint density at radius 2 is 2.17 bits per heavy atom. The van der Waals surface area contributed by atoms with Crippen molar-refractivity contribution in [1.29, 1.82) is 0 Å². The highest BCUT2D eigenvalue weighted by Gasteiger charge is 2.18. The van der Waals surface area contributed by atoms with E-state index >= 15 is 0 Å². The van der Waals surface area contributed by atoms with Crippen LogP contribution in [0.25, 0.3) is 0 Å². The zero-order valence-corrected chi connectivity index (χ0v) is 9.59. The number of non-ortho nitro benzene ring substituents is 1. The van der Waals surface area contributed by atoms with Crippen molar-refractivity contribution in [3.8, 4) is 0 Å². The second kappa shape index (κ2) is 5.53. The molecule has 1 aromatic rings. The fourth-order valence-electron chi connectivity index (χ4n) is 0.981. The van der Waals surface area contributed by atoms with Gasteiger partial charge in [0.05, 0.1) is 9.82 Å². The Morgan fingerprint density at radius 1 is 1.50 bits per heavy atom. The Balaban J connectivity index is 2.88. The highest BCUT2D eigenvalue weighted by atomic mass is 32.2. The number of nitrogens with zero attached hydrogens (tertiary/aromatic N) is 1. The van der Waals surface area contributed by atoms with Crippen molar-refractivity contribution >= 4 is 21.7 Å². The third-order valence-electron chi connectivity index (χ3n) is 1.70. The van der Waals surface area contributed by atoms with Gasteiger partial charge in [0, 0.05) is 12.1 Å². The molecule has 1 rings (SSSR count). The summed E-state index contributed by atoms with van der Waals surface area (Å²) >= 11 is 0. The van der Waals surface area contributed by atoms with Gasteiger partial charge in [0.25, 0.3) is 15.7 Å². The maximum absolute atomic E-state index is 11.5. The van der Waals surface area contributed by atoms with Gasteiger partial charge in [-0.15, -0.1) is 0 Å². The van der Waals surface area contributed by atoms with Crippen LogP contribution in [0.3, 0.4) is 0 Å². The summed E-state index contributed by atoms with van der Waals surface area (Å²) in [4.78, 5) is 25.2. The Kier molecular flexibility index (Phi) is 4.31. The van der Waals surface area contributed by atoms with Crippen molar-refractivity contribution in [3.05, 3.63) is 34.4 Å². The van der Waals surface area contributed by atoms with E-state index in [0.717, 1.165) is 18.2 Å². The smallest absolute Gasteiger partial charge is 0.331 e. The second-order valence-corrected chi connectivity index (χ2v) is 4.67. The van der Waals surface area contributed by atoms with Crippen LogP contribution in [0.5, 0.6) is 0 Å². The van der Waals surface area contributed by atoms with Crippen LogP contribution in [-0.4, -0.2) is 31.0 Å². The molecule has 0 amide bonds. The van der Waals surface area contributed by atoms with Gasteiger partial charge < -0.3 is 5.11 Å². The molecule has 0 aliphatic carbocycles. The third-order valence-corrected chi connectivity index (χ3v) is 2.91. The Morgan fingerprint density at radius 3 is 2.72 bits per heavy atom. The van der Waals surface area contributed by atoms with Crippen molar-refractivity contribution in [3.63, 3.8) is 0 Å². The van der Waals surface area contributed by atoms with E-state index in [0.29, 0.717) is 0 Å². The van der Waals surface area contributed by atoms with Crippen LogP contribution in [-0.2, 0) is 19.7 Å². The SMILES string of the molecule is O=C(O)CONS(=O)(=O)c1cccc([N+](=O)[O-])c1. The molecular formula is C8H8N2O7S. The molecule has 98 valence electrons. The van der Waals surface area contributed by atoms with E-state index in [4.69, 9.17) is 5.11 Å². The first-order chi connectivity index (χ1) is 8.33. The Hall–Kier alpha value is -2.04. The van der Waals surface area contributed by atoms with Gasteiger partial charge in [-0.2, -0.15) is 0 Å². The molecule has 2 N–H and O–H groups in total. The number of benzene rings is 1. The number of aliphatic carboxylic acids is 1. The predicted octanol–water partition coefficient (Wildman–Crippen LogP) is -0.111. The maximum atomic E-state index is 11.5. The van der Waals surface area contributed by atoms with E-state index in [1.807, 2.05) is 0 Å². The van der Waals surface area contributed by atoms with Crippen molar-refractivity contribution in [1.82, 2.24) is 4.89 Å². The Labute approximate surface area is 101 Å². The monoisotopic (exact) mass is 276 g/mol. The van der Waals surface area contributed by atoms with Crippen molar-refractivity contribution in [2.24, 2.45) is 0 Å². The van der Waals surface area contributed by atoms with E-state index in [9.17, 15) is 23.3 Å². The molecule has 0 radical (unpaired) electrons. The molecule has 0 aliphatic rings. The zero-order chi connectivity index (χ0) is 13.8. The highest BCUT2D eigenvalue weighted by molar-refractivity contribution is 7.89. The first-order valence-electron chi connectivity index (χ1n) is 4.43. The molecular weight excluding hydrogens is 268 g/mol. The molecule has 0 aromatic heterocycles. The van der Waals surface area contributed by atoms with E-state index in [-0.39, 0.29) is 0 Å². The van der Waals surface area contributed by atoms with Crippen molar-refractivity contribution in [2.75, 3.05) is 6.61 Å². The number of carboxylic acid groups (broad SMARTS) is 1. The predicted molar refractivity (Wildman–Crippen MR) is 57.0 cm³/mol. The van der Waals surface area contributed by atoms with E-state index in [1.54, 1.807) is 4.89 Å². The summed E-state index contributed by atoms with van der Waals surface area (Å²) in [5.74, 6) is -1.36. The fourth-order valence-corrected chi connectivity index (χ4v) is 1.83. The normalized spacial score (nSPS) is 11.1. The van der Waals surface area contributed by atoms with Crippen LogP contribution < -0.4 is 4.89 Å². The highest BCUT2D eigenvalue weighted by Crippen LogP contribution is 2.16. The minimum absolute atomic E-state index is 0.401. The zero-order valence-electron chi connectivity index (χ0n) is 8.77. The first-order valence-corrected chi connectivity index (χ1v) is 5.91. The van der Waals surface area contributed by atoms with Crippen LogP contribution in [0, 0.1) is 10.1 Å². The van der Waals surface area contributed by atoms with E-state index < -0.39 is 38.1 Å². The molecule has 0 saturated heterocycles. The number of nitro benzene ring substituents is 1. The first kappa shape index (κ1) is 14.0. The van der Waals surface area contributed by atoms with Crippen LogP contribution >= 0.6 is 0 Å². The van der Waals surface area contributed by atoms with E-state index in [2.05, 4.69) is 4.84 Å². The number of carboxylic acids is 1. The van der Waals surface area contributed by atoms with Gasteiger partial charge in [0.2, 0.25) is 0 Å². The Bertz CT molecular complexity index is 569. The molecule has 1 aromatic carbocycles. The van der Waals surface area contributed by atoms with Gasteiger partial charge in [-0.05, 0) is 6.07 Å². The number of nitrogens with one attached hydrogen (secondary N) is 1. The lowest BCUT2D eigenvalue weighted by molar-refractivity contribution is -0.385. The van der Waals surface area contributed by atoms with Crippen molar-refractivity contribution < 1.29 is 28.1 Å². The molecule has 0 aliphatic heterocycles. The lowest BCUT2D eigenvalue weighted by atomic mass is 10.3. The standard InChI is InChI=1S/C8H8N2O7S/c11-8(12)5-17-9-18(15,16)7-3-1-2-6(4-7)10(13)14/h1-4,9H,5H2,(H,11,12). The summed E-state index contributed by atoms with van der Waals surface area (Å²) in [7, 11) is -4.15. The van der Waals surface area contributed by atoms with E-state index in [1.165, 1.54) is 6.07 Å². The molecule has 0 unspecified atom stereocenters. The summed E-state index contributed by atoms with van der Waals surface area (Å²) < 4.78 is 23.1. The van der Waals surface area contributed by atoms with Gasteiger partial charge in [0.1, 0.15) is 0 Å². The maximum Gasteiger partial charge on any atom is 0.331 e. The number of hydrogen-bond acceptors (Lipinski definition) is 6. The van der Waals surface area contributed by atoms with Gasteiger partial charge in [0.15, 0.2) is 6.61 Å². The summed E-state index contributed by atoms with van der Waals surface area (Å²) in [5, 5.41) is 18.7. The average molecular weight is 276 g/mol. The van der Waals surface area contributed by atoms with Gasteiger partial charge in [-0.3, -0.25) is 15.0 Å². The molecule has 0 heterocycles. The van der Waals surface area contributed by atoms with Crippen molar-refractivity contribution in [2.45, 2.75) is 4.90 Å². The quantitative estimate of drug-likeness (QED) is 0.546. The molecule has 0 saturated carbocycles. The summed E-state index contributed by atoms with van der Waals surface area (Å²) in [6, 6.07) is 4.24. The molecule has 0 atom stereocenters. The number of carbonyl (C=O) groups is 1. The minimum Gasteiger partial charge on any atom is -0.479 e. The molecule has 0 spiro atoms. The van der Waals surface area contributed by atoms with Gasteiger partial charge >= 0.3 is 5.97 Å². The lowest BCUT2D eigenvalue weighted by Gasteiger charge is -2.05. The third kappa shape index (κ3) is 3.76. The molecule has 9 nitrogen and oxygen atoms in total. The largest absolute Gasteiger partial charge is 0.479 e. The topological polar surface area (TPSA) is 136 Å². The summed E-state index contributed by atoms with van der Waals surface area (Å²) in [6.45, 7) is -0.867. The number of sulfonamides is 1. The van der Waals surface area contributed by atoms with Gasteiger partial charge in [-0.25, -0.2) is 13.2 Å². The van der Waals surface area contributed by atoms with Gasteiger partial charge in [-0.1, -0.05) is 11.0 Å². The molecule has 0 fully saturated rings. The van der Waals surface area contributed by atoms with Crippen LogP contribution in [0.1, 0.15) is 0 Å². The average Bonchev–Trinajstić information content (AvgIpc) is 2.28. The summed E-state index contributed by atoms with van der Waals surface area (Å²) in [6.07, 6.45) is 0. The number of nitro groups is 1. The molecule has 0 bridgehead atoms. The minimum atomic E-state index is -4.15. The number of rotatable bonds is 6. The van der Waals surface area contributed by atoms with Crippen LogP contribution in [0.4, 0.5) is 5.69 Å². The molecule has 10 heteroatoms. The van der Waals surface area contributed by atoms with Crippen LogP contribution in [0.15, 0.2) is 29.2 Å². The molecule has 18 heavy (non-hydrogen) atoms. The van der Waals surface area contributed by atoms with Crippen LogP contribution in [0.2, 0.25) is 0 Å².